The van der Waals surface area contributed by atoms with Crippen molar-refractivity contribution in [2.45, 2.75) is 26.2 Å². The van der Waals surface area contributed by atoms with E-state index in [1.54, 1.807) is 26.0 Å². The Kier molecular flexibility index (Phi) is 5.62. The van der Waals surface area contributed by atoms with Crippen LogP contribution in [0.25, 0.3) is 0 Å². The number of hydrogen-bond acceptors (Lipinski definition) is 3. The Hall–Kier alpha value is -2.33. The van der Waals surface area contributed by atoms with Crippen LogP contribution in [0, 0.1) is 6.92 Å². The number of nitrogens with one attached hydrogen (secondary N) is 1. The Morgan fingerprint density at radius 1 is 1.12 bits per heavy atom. The van der Waals surface area contributed by atoms with Crippen LogP contribution in [0.4, 0.5) is 5.69 Å². The van der Waals surface area contributed by atoms with Gasteiger partial charge in [0, 0.05) is 0 Å². The maximum Gasteiger partial charge on any atom is 0.316 e. The maximum atomic E-state index is 12.3. The number of halogens is 1. The molecule has 0 heterocycles. The van der Waals surface area contributed by atoms with Crippen molar-refractivity contribution in [3.8, 4) is 0 Å². The van der Waals surface area contributed by atoms with Crippen LogP contribution in [-0.2, 0) is 19.7 Å². The van der Waals surface area contributed by atoms with Crippen molar-refractivity contribution in [3.63, 3.8) is 0 Å². The number of hydrogen-bond donors (Lipinski definition) is 1. The monoisotopic (exact) mass is 345 g/mol. The molecule has 2 aromatic carbocycles. The molecule has 0 bridgehead atoms. The summed E-state index contributed by atoms with van der Waals surface area (Å²) in [5, 5.41) is 3.08. The SMILES string of the molecule is Cc1ccc(NC(=O)COC(=O)C(C)(C)c2ccccc2)c(Cl)c1. The van der Waals surface area contributed by atoms with Crippen molar-refractivity contribution in [1.29, 1.82) is 0 Å². The summed E-state index contributed by atoms with van der Waals surface area (Å²) >= 11 is 6.07. The molecule has 2 aromatic rings. The summed E-state index contributed by atoms with van der Waals surface area (Å²) < 4.78 is 5.16. The highest BCUT2D eigenvalue weighted by atomic mass is 35.5. The third-order valence-corrected chi connectivity index (χ3v) is 4.05. The van der Waals surface area contributed by atoms with Crippen molar-refractivity contribution in [1.82, 2.24) is 0 Å². The largest absolute Gasteiger partial charge is 0.455 e. The smallest absolute Gasteiger partial charge is 0.316 e. The molecule has 0 aliphatic rings. The van der Waals surface area contributed by atoms with E-state index in [9.17, 15) is 9.59 Å². The fraction of sp³-hybridized carbons (Fsp3) is 0.263. The van der Waals surface area contributed by atoms with Gasteiger partial charge in [-0.2, -0.15) is 0 Å². The molecule has 0 aliphatic heterocycles. The van der Waals surface area contributed by atoms with Crippen molar-refractivity contribution >= 4 is 29.2 Å². The molecular weight excluding hydrogens is 326 g/mol. The van der Waals surface area contributed by atoms with Gasteiger partial charge < -0.3 is 10.1 Å². The molecule has 0 radical (unpaired) electrons. The number of rotatable bonds is 5. The van der Waals surface area contributed by atoms with E-state index in [-0.39, 0.29) is 6.61 Å². The average Bonchev–Trinajstić information content (AvgIpc) is 2.56. The van der Waals surface area contributed by atoms with Gasteiger partial charge in [0.2, 0.25) is 0 Å². The molecule has 126 valence electrons. The molecule has 2 rings (SSSR count). The number of benzene rings is 2. The van der Waals surface area contributed by atoms with Crippen LogP contribution in [-0.4, -0.2) is 18.5 Å². The van der Waals surface area contributed by atoms with Gasteiger partial charge in [0.05, 0.1) is 16.1 Å². The zero-order valence-corrected chi connectivity index (χ0v) is 14.7. The van der Waals surface area contributed by atoms with Gasteiger partial charge in [-0.05, 0) is 44.0 Å². The number of ether oxygens (including phenoxy) is 1. The van der Waals surface area contributed by atoms with Crippen LogP contribution in [0.2, 0.25) is 5.02 Å². The Balaban J connectivity index is 1.95. The van der Waals surface area contributed by atoms with Crippen LogP contribution >= 0.6 is 11.6 Å². The van der Waals surface area contributed by atoms with Gasteiger partial charge in [0.15, 0.2) is 6.61 Å². The molecule has 0 aliphatic carbocycles. The molecule has 24 heavy (non-hydrogen) atoms. The van der Waals surface area contributed by atoms with E-state index >= 15 is 0 Å². The second kappa shape index (κ2) is 7.49. The third kappa shape index (κ3) is 4.36. The summed E-state index contributed by atoms with van der Waals surface area (Å²) in [6.45, 7) is 5.07. The van der Waals surface area contributed by atoms with Gasteiger partial charge in [0.1, 0.15) is 0 Å². The van der Waals surface area contributed by atoms with Crippen LogP contribution in [0.5, 0.6) is 0 Å². The van der Waals surface area contributed by atoms with E-state index in [1.165, 1.54) is 0 Å². The summed E-state index contributed by atoms with van der Waals surface area (Å²) in [5.74, 6) is -0.892. The van der Waals surface area contributed by atoms with Crippen LogP contribution in [0.3, 0.4) is 0 Å². The third-order valence-electron chi connectivity index (χ3n) is 3.74. The minimum Gasteiger partial charge on any atom is -0.455 e. The minimum atomic E-state index is -0.830. The van der Waals surface area contributed by atoms with Gasteiger partial charge in [0.25, 0.3) is 5.91 Å². The van der Waals surface area contributed by atoms with Crippen molar-refractivity contribution in [2.24, 2.45) is 0 Å². The van der Waals surface area contributed by atoms with E-state index in [2.05, 4.69) is 5.32 Å². The molecule has 0 fully saturated rings. The van der Waals surface area contributed by atoms with E-state index in [1.807, 2.05) is 43.3 Å². The lowest BCUT2D eigenvalue weighted by molar-refractivity contribution is -0.152. The first-order valence-corrected chi connectivity index (χ1v) is 7.97. The van der Waals surface area contributed by atoms with Gasteiger partial charge in [-0.3, -0.25) is 9.59 Å². The Morgan fingerprint density at radius 2 is 1.79 bits per heavy atom. The Bertz CT molecular complexity index is 742. The Morgan fingerprint density at radius 3 is 2.42 bits per heavy atom. The second-order valence-electron chi connectivity index (χ2n) is 6.10. The molecule has 0 spiro atoms. The molecule has 1 amide bonds. The predicted octanol–water partition coefficient (Wildman–Crippen LogP) is 4.11. The second-order valence-corrected chi connectivity index (χ2v) is 6.51. The molecule has 0 unspecified atom stereocenters. The van der Waals surface area contributed by atoms with Crippen molar-refractivity contribution in [3.05, 3.63) is 64.7 Å². The van der Waals surface area contributed by atoms with Crippen LogP contribution < -0.4 is 5.32 Å². The van der Waals surface area contributed by atoms with Gasteiger partial charge in [-0.1, -0.05) is 48.0 Å². The van der Waals surface area contributed by atoms with Crippen molar-refractivity contribution in [2.75, 3.05) is 11.9 Å². The lowest BCUT2D eigenvalue weighted by Crippen LogP contribution is -2.33. The molecule has 4 nitrogen and oxygen atoms in total. The number of esters is 1. The predicted molar refractivity (Wildman–Crippen MR) is 95.2 cm³/mol. The topological polar surface area (TPSA) is 55.4 Å². The number of carbonyl (C=O) groups is 2. The highest BCUT2D eigenvalue weighted by Crippen LogP contribution is 2.25. The molecule has 0 saturated heterocycles. The molecule has 1 N–H and O–H groups in total. The highest BCUT2D eigenvalue weighted by molar-refractivity contribution is 6.33. The summed E-state index contributed by atoms with van der Waals surface area (Å²) in [4.78, 5) is 24.3. The lowest BCUT2D eigenvalue weighted by Gasteiger charge is -2.22. The number of carbonyl (C=O) groups excluding carboxylic acids is 2. The van der Waals surface area contributed by atoms with E-state index < -0.39 is 17.3 Å². The molecule has 0 saturated carbocycles. The van der Waals surface area contributed by atoms with E-state index in [0.29, 0.717) is 10.7 Å². The molecule has 0 aromatic heterocycles. The molecule has 0 atom stereocenters. The molecule has 5 heteroatoms. The highest BCUT2D eigenvalue weighted by Gasteiger charge is 2.31. The quantitative estimate of drug-likeness (QED) is 0.830. The van der Waals surface area contributed by atoms with Crippen LogP contribution in [0.1, 0.15) is 25.0 Å². The Labute approximate surface area is 146 Å². The summed E-state index contributed by atoms with van der Waals surface area (Å²) in [6, 6.07) is 14.6. The fourth-order valence-corrected chi connectivity index (χ4v) is 2.47. The van der Waals surface area contributed by atoms with E-state index in [0.717, 1.165) is 11.1 Å². The van der Waals surface area contributed by atoms with Gasteiger partial charge in [-0.25, -0.2) is 0 Å². The summed E-state index contributed by atoms with van der Waals surface area (Å²) in [7, 11) is 0. The first kappa shape index (κ1) is 18.0. The number of amides is 1. The minimum absolute atomic E-state index is 0.362. The lowest BCUT2D eigenvalue weighted by atomic mass is 9.85. The average molecular weight is 346 g/mol. The van der Waals surface area contributed by atoms with Crippen LogP contribution in [0.15, 0.2) is 48.5 Å². The molecular formula is C19H20ClNO3. The number of anilines is 1. The normalized spacial score (nSPS) is 11.0. The zero-order valence-electron chi connectivity index (χ0n) is 13.9. The summed E-state index contributed by atoms with van der Waals surface area (Å²) in [6.07, 6.45) is 0. The van der Waals surface area contributed by atoms with Crippen molar-refractivity contribution < 1.29 is 14.3 Å². The first-order valence-electron chi connectivity index (χ1n) is 7.59. The first-order chi connectivity index (χ1) is 11.3. The number of aryl methyl sites for hydroxylation is 1. The fourth-order valence-electron chi connectivity index (χ4n) is 2.19. The van der Waals surface area contributed by atoms with Gasteiger partial charge in [-0.15, -0.1) is 0 Å². The standard InChI is InChI=1S/C19H20ClNO3/c1-13-9-10-16(15(20)11-13)21-17(22)12-24-18(23)19(2,3)14-7-5-4-6-8-14/h4-11H,12H2,1-3H3,(H,21,22). The van der Waals surface area contributed by atoms with Gasteiger partial charge >= 0.3 is 5.97 Å². The summed E-state index contributed by atoms with van der Waals surface area (Å²) in [5.41, 5.74) is 1.49. The maximum absolute atomic E-state index is 12.3. The van der Waals surface area contributed by atoms with E-state index in [4.69, 9.17) is 16.3 Å². The zero-order chi connectivity index (χ0) is 17.7.